The third-order valence-corrected chi connectivity index (χ3v) is 4.98. The Kier molecular flexibility index (Phi) is 6.88. The van der Waals surface area contributed by atoms with E-state index in [0.717, 1.165) is 11.6 Å². The number of halogens is 2. The number of benzene rings is 2. The Labute approximate surface area is 185 Å². The van der Waals surface area contributed by atoms with Crippen molar-refractivity contribution < 1.29 is 18.7 Å². The number of nitriles is 1. The largest absolute Gasteiger partial charge is 0.468 e. The molecule has 1 heterocycles. The second-order valence-corrected chi connectivity index (χ2v) is 7.56. The van der Waals surface area contributed by atoms with Crippen LogP contribution in [-0.4, -0.2) is 18.1 Å². The zero-order valence-corrected chi connectivity index (χ0v) is 18.0. The van der Waals surface area contributed by atoms with Gasteiger partial charge in [-0.25, -0.2) is 9.37 Å². The second-order valence-electron chi connectivity index (χ2n) is 7.12. The van der Waals surface area contributed by atoms with Gasteiger partial charge in [0.1, 0.15) is 17.7 Å². The molecule has 0 aliphatic rings. The average molecular weight is 439 g/mol. The highest BCUT2D eigenvalue weighted by molar-refractivity contribution is 6.30. The van der Waals surface area contributed by atoms with Crippen LogP contribution in [0.25, 0.3) is 0 Å². The van der Waals surface area contributed by atoms with Crippen LogP contribution in [0.2, 0.25) is 5.02 Å². The Morgan fingerprint density at radius 3 is 2.45 bits per heavy atom. The van der Waals surface area contributed by atoms with Gasteiger partial charge in [-0.1, -0.05) is 49.7 Å². The van der Waals surface area contributed by atoms with E-state index >= 15 is 0 Å². The van der Waals surface area contributed by atoms with E-state index in [4.69, 9.17) is 21.1 Å². The topological polar surface area (TPSA) is 72.2 Å². The van der Waals surface area contributed by atoms with E-state index in [1.54, 1.807) is 48.5 Å². The number of aromatic nitrogens is 1. The molecule has 0 saturated carbocycles. The van der Waals surface area contributed by atoms with Crippen molar-refractivity contribution in [1.29, 1.82) is 5.26 Å². The molecule has 158 valence electrons. The number of ether oxygens (including phenoxy) is 2. The Hall–Kier alpha value is -3.43. The summed E-state index contributed by atoms with van der Waals surface area (Å²) in [6, 6.07) is 16.6. The summed E-state index contributed by atoms with van der Waals surface area (Å²) in [6.45, 7) is 3.91. The number of hydrogen-bond donors (Lipinski definition) is 0. The molecule has 0 aliphatic heterocycles. The van der Waals surface area contributed by atoms with Crippen molar-refractivity contribution in [3.05, 3.63) is 87.8 Å². The van der Waals surface area contributed by atoms with Crippen LogP contribution >= 0.6 is 11.6 Å². The zero-order valence-electron chi connectivity index (χ0n) is 17.2. The predicted molar refractivity (Wildman–Crippen MR) is 115 cm³/mol. The third kappa shape index (κ3) is 4.84. The average Bonchev–Trinajstić information content (AvgIpc) is 2.77. The van der Waals surface area contributed by atoms with Gasteiger partial charge in [-0.2, -0.15) is 5.26 Å². The van der Waals surface area contributed by atoms with Gasteiger partial charge in [0.25, 0.3) is 5.88 Å². The number of hydrogen-bond acceptors (Lipinski definition) is 5. The summed E-state index contributed by atoms with van der Waals surface area (Å²) in [7, 11) is 1.25. The van der Waals surface area contributed by atoms with E-state index in [-0.39, 0.29) is 23.1 Å². The first-order chi connectivity index (χ1) is 14.8. The summed E-state index contributed by atoms with van der Waals surface area (Å²) in [6.07, 6.45) is 0. The van der Waals surface area contributed by atoms with E-state index in [9.17, 15) is 14.4 Å². The summed E-state index contributed by atoms with van der Waals surface area (Å²) in [5, 5.41) is 10.1. The lowest BCUT2D eigenvalue weighted by Gasteiger charge is -2.22. The van der Waals surface area contributed by atoms with E-state index in [1.165, 1.54) is 7.11 Å². The second kappa shape index (κ2) is 9.59. The molecule has 0 aliphatic carbocycles. The lowest BCUT2D eigenvalue weighted by Crippen LogP contribution is -2.20. The molecule has 7 heteroatoms. The first-order valence-electron chi connectivity index (χ1n) is 9.56. The monoisotopic (exact) mass is 438 g/mol. The molecule has 5 nitrogen and oxygen atoms in total. The molecule has 0 fully saturated rings. The molecule has 0 amide bonds. The fraction of sp³-hybridized carbons (Fsp3) is 0.208. The molecular weight excluding hydrogens is 419 g/mol. The number of pyridine rings is 1. The molecule has 0 N–H and O–H groups in total. The normalized spacial score (nSPS) is 11.6. The fourth-order valence-electron chi connectivity index (χ4n) is 3.28. The summed E-state index contributed by atoms with van der Waals surface area (Å²) < 4.78 is 25.2. The highest BCUT2D eigenvalue weighted by Crippen LogP contribution is 2.36. The van der Waals surface area contributed by atoms with E-state index in [1.807, 2.05) is 19.9 Å². The number of nitrogens with zero attached hydrogens (tertiary/aromatic N) is 2. The van der Waals surface area contributed by atoms with Crippen molar-refractivity contribution in [2.75, 3.05) is 7.11 Å². The van der Waals surface area contributed by atoms with Crippen LogP contribution < -0.4 is 4.74 Å². The first-order valence-corrected chi connectivity index (χ1v) is 9.94. The Morgan fingerprint density at radius 2 is 1.84 bits per heavy atom. The minimum absolute atomic E-state index is 0.0203. The number of para-hydroxylation sites is 1. The number of carbonyl (C=O) groups is 1. The minimum atomic E-state index is -1.06. The van der Waals surface area contributed by atoms with Gasteiger partial charge in [0.05, 0.1) is 18.4 Å². The van der Waals surface area contributed by atoms with Gasteiger partial charge in [0, 0.05) is 5.02 Å². The van der Waals surface area contributed by atoms with Crippen LogP contribution in [-0.2, 0) is 9.53 Å². The molecule has 3 aromatic rings. The summed E-state index contributed by atoms with van der Waals surface area (Å²) in [5.74, 6) is -2.46. The van der Waals surface area contributed by atoms with Crippen LogP contribution in [0.1, 0.15) is 48.1 Å². The molecule has 3 rings (SSSR count). The SMILES string of the molecule is COC(=O)C(c1ccc(Cl)cc1C(C)C)c1nc(Oc2ccccc2)c(F)cc1C#N. The van der Waals surface area contributed by atoms with Crippen LogP contribution in [0.4, 0.5) is 4.39 Å². The molecule has 31 heavy (non-hydrogen) atoms. The maximum absolute atomic E-state index is 14.6. The van der Waals surface area contributed by atoms with Crippen LogP contribution in [0.3, 0.4) is 0 Å². The van der Waals surface area contributed by atoms with Crippen molar-refractivity contribution in [3.63, 3.8) is 0 Å². The minimum Gasteiger partial charge on any atom is -0.468 e. The summed E-state index contributed by atoms with van der Waals surface area (Å²) >= 11 is 6.17. The van der Waals surface area contributed by atoms with E-state index < -0.39 is 17.7 Å². The Morgan fingerprint density at radius 1 is 1.13 bits per heavy atom. The molecule has 0 spiro atoms. The van der Waals surface area contributed by atoms with Gasteiger partial charge in [-0.15, -0.1) is 0 Å². The van der Waals surface area contributed by atoms with Gasteiger partial charge in [0.2, 0.25) is 0 Å². The Balaban J connectivity index is 2.22. The highest BCUT2D eigenvalue weighted by atomic mass is 35.5. The molecule has 1 atom stereocenters. The van der Waals surface area contributed by atoms with Gasteiger partial charge < -0.3 is 9.47 Å². The third-order valence-electron chi connectivity index (χ3n) is 4.74. The highest BCUT2D eigenvalue weighted by Gasteiger charge is 2.32. The lowest BCUT2D eigenvalue weighted by atomic mass is 9.85. The molecular formula is C24H20ClFN2O3. The van der Waals surface area contributed by atoms with Crippen molar-refractivity contribution in [2.45, 2.75) is 25.7 Å². The number of rotatable bonds is 6. The number of methoxy groups -OCH3 is 1. The maximum Gasteiger partial charge on any atom is 0.319 e. The van der Waals surface area contributed by atoms with Gasteiger partial charge >= 0.3 is 5.97 Å². The van der Waals surface area contributed by atoms with E-state index in [2.05, 4.69) is 4.98 Å². The first kappa shape index (κ1) is 22.3. The quantitative estimate of drug-likeness (QED) is 0.443. The summed E-state index contributed by atoms with van der Waals surface area (Å²) in [5.41, 5.74) is 1.33. The molecule has 1 aromatic heterocycles. The number of carbonyl (C=O) groups excluding carboxylic acids is 1. The van der Waals surface area contributed by atoms with E-state index in [0.29, 0.717) is 16.3 Å². The molecule has 0 saturated heterocycles. The van der Waals surface area contributed by atoms with Crippen molar-refractivity contribution in [2.24, 2.45) is 0 Å². The van der Waals surface area contributed by atoms with Crippen LogP contribution in [0.5, 0.6) is 11.6 Å². The lowest BCUT2D eigenvalue weighted by molar-refractivity contribution is -0.141. The maximum atomic E-state index is 14.6. The van der Waals surface area contributed by atoms with Gasteiger partial charge in [0.15, 0.2) is 5.82 Å². The van der Waals surface area contributed by atoms with Gasteiger partial charge in [-0.3, -0.25) is 4.79 Å². The van der Waals surface area contributed by atoms with Crippen molar-refractivity contribution in [3.8, 4) is 17.7 Å². The fourth-order valence-corrected chi connectivity index (χ4v) is 3.46. The standard InChI is InChI=1S/C24H20ClFN2O3/c1-14(2)19-12-16(25)9-10-18(19)21(24(29)30-3)22-15(13-27)11-20(26)23(28-22)31-17-7-5-4-6-8-17/h4-12,14,21H,1-3H3. The Bertz CT molecular complexity index is 1140. The van der Waals surface area contributed by atoms with Crippen molar-refractivity contribution in [1.82, 2.24) is 4.98 Å². The molecule has 1 unspecified atom stereocenters. The number of esters is 1. The van der Waals surface area contributed by atoms with Crippen molar-refractivity contribution >= 4 is 17.6 Å². The smallest absolute Gasteiger partial charge is 0.319 e. The van der Waals surface area contributed by atoms with Gasteiger partial charge in [-0.05, 0) is 47.4 Å². The molecule has 2 aromatic carbocycles. The molecule has 0 bridgehead atoms. The van der Waals surface area contributed by atoms with Crippen LogP contribution in [0, 0.1) is 17.1 Å². The summed E-state index contributed by atoms with van der Waals surface area (Å²) in [4.78, 5) is 17.1. The van der Waals surface area contributed by atoms with Crippen LogP contribution in [0.15, 0.2) is 54.6 Å². The predicted octanol–water partition coefficient (Wildman–Crippen LogP) is 5.97. The molecule has 0 radical (unpaired) electrons. The zero-order chi connectivity index (χ0) is 22.5.